The summed E-state index contributed by atoms with van der Waals surface area (Å²) in [6.07, 6.45) is 0.684. The van der Waals surface area contributed by atoms with Crippen LogP contribution in [0.1, 0.15) is 27.4 Å². The van der Waals surface area contributed by atoms with Crippen LogP contribution < -0.4 is 5.32 Å². The highest BCUT2D eigenvalue weighted by Crippen LogP contribution is 2.21. The lowest BCUT2D eigenvalue weighted by Crippen LogP contribution is -2.37. The molecule has 0 saturated carbocycles. The van der Waals surface area contributed by atoms with Crippen molar-refractivity contribution in [3.8, 4) is 5.69 Å². The summed E-state index contributed by atoms with van der Waals surface area (Å²) in [5, 5.41) is 20.1. The van der Waals surface area contributed by atoms with Crippen LogP contribution >= 0.6 is 0 Å². The normalized spacial score (nSPS) is 13.4. The molecule has 0 aliphatic carbocycles. The molecule has 0 atom stereocenters. The van der Waals surface area contributed by atoms with Crippen molar-refractivity contribution < 1.29 is 4.79 Å². The number of benzene rings is 1. The van der Waals surface area contributed by atoms with Gasteiger partial charge in [0.2, 0.25) is 0 Å². The first-order chi connectivity index (χ1) is 12.7. The second-order valence-corrected chi connectivity index (χ2v) is 6.19. The molecule has 1 aliphatic rings. The Hall–Kier alpha value is -3.29. The maximum absolute atomic E-state index is 13.0. The lowest BCUT2D eigenvalue weighted by atomic mass is 10.1. The van der Waals surface area contributed by atoms with Crippen LogP contribution in [0.5, 0.6) is 0 Å². The van der Waals surface area contributed by atoms with Crippen molar-refractivity contribution in [1.29, 1.82) is 0 Å². The molecule has 0 saturated heterocycles. The highest BCUT2D eigenvalue weighted by molar-refractivity contribution is 5.93. The third-order valence-corrected chi connectivity index (χ3v) is 4.46. The van der Waals surface area contributed by atoms with Gasteiger partial charge >= 0.3 is 0 Å². The summed E-state index contributed by atoms with van der Waals surface area (Å²) >= 11 is 0. The van der Waals surface area contributed by atoms with E-state index in [1.165, 1.54) is 4.80 Å². The maximum Gasteiger partial charge on any atom is 0.276 e. The zero-order chi connectivity index (χ0) is 18.1. The van der Waals surface area contributed by atoms with Crippen molar-refractivity contribution in [1.82, 2.24) is 30.1 Å². The van der Waals surface area contributed by atoms with Crippen LogP contribution in [0.15, 0.2) is 36.4 Å². The molecule has 1 aliphatic heterocycles. The molecule has 0 spiro atoms. The number of anilines is 1. The standard InChI is InChI=1S/C18H19N7O/c1-12-17(23-25(22-12)14-6-4-3-5-7-14)18(26)24-9-8-15-13(11-24)10-16(19-2)21-20-15/h3-7,10H,8-9,11H2,1-2H3,(H,19,21). The fraction of sp³-hybridized carbons (Fsp3) is 0.278. The largest absolute Gasteiger partial charge is 0.372 e. The number of rotatable bonds is 3. The summed E-state index contributed by atoms with van der Waals surface area (Å²) in [7, 11) is 1.80. The average Bonchev–Trinajstić information content (AvgIpc) is 3.09. The van der Waals surface area contributed by atoms with Crippen LogP contribution in [0.2, 0.25) is 0 Å². The van der Waals surface area contributed by atoms with E-state index in [2.05, 4.69) is 25.7 Å². The van der Waals surface area contributed by atoms with Gasteiger partial charge in [0.1, 0.15) is 5.82 Å². The summed E-state index contributed by atoms with van der Waals surface area (Å²) in [4.78, 5) is 16.3. The van der Waals surface area contributed by atoms with Crippen LogP contribution in [0.25, 0.3) is 5.69 Å². The van der Waals surface area contributed by atoms with E-state index in [1.807, 2.05) is 43.3 Å². The van der Waals surface area contributed by atoms with E-state index in [0.29, 0.717) is 36.7 Å². The van der Waals surface area contributed by atoms with Crippen molar-refractivity contribution in [3.05, 3.63) is 59.0 Å². The number of carbonyl (C=O) groups is 1. The molecular weight excluding hydrogens is 330 g/mol. The van der Waals surface area contributed by atoms with E-state index in [4.69, 9.17) is 0 Å². The summed E-state index contributed by atoms with van der Waals surface area (Å²) in [5.41, 5.74) is 3.78. The van der Waals surface area contributed by atoms with Gasteiger partial charge in [0.05, 0.1) is 17.1 Å². The number of hydrogen-bond acceptors (Lipinski definition) is 6. The Bertz CT molecular complexity index is 951. The Balaban J connectivity index is 1.59. The van der Waals surface area contributed by atoms with Crippen LogP contribution in [0.3, 0.4) is 0 Å². The molecule has 3 aromatic rings. The van der Waals surface area contributed by atoms with Crippen LogP contribution in [0, 0.1) is 6.92 Å². The molecule has 0 bridgehead atoms. The highest BCUT2D eigenvalue weighted by atomic mass is 16.2. The number of para-hydroxylation sites is 1. The van der Waals surface area contributed by atoms with Crippen molar-refractivity contribution in [3.63, 3.8) is 0 Å². The number of aryl methyl sites for hydroxylation is 1. The predicted octanol–water partition coefficient (Wildman–Crippen LogP) is 1.61. The van der Waals surface area contributed by atoms with Crippen molar-refractivity contribution in [2.75, 3.05) is 18.9 Å². The third-order valence-electron chi connectivity index (χ3n) is 4.46. The molecule has 0 fully saturated rings. The van der Waals surface area contributed by atoms with Crippen molar-refractivity contribution in [2.24, 2.45) is 0 Å². The molecule has 3 heterocycles. The molecule has 1 aromatic carbocycles. The predicted molar refractivity (Wildman–Crippen MR) is 96.1 cm³/mol. The van der Waals surface area contributed by atoms with Crippen LogP contribution in [0.4, 0.5) is 5.82 Å². The van der Waals surface area contributed by atoms with E-state index in [-0.39, 0.29) is 5.91 Å². The van der Waals surface area contributed by atoms with E-state index in [1.54, 1.807) is 11.9 Å². The molecule has 26 heavy (non-hydrogen) atoms. The van der Waals surface area contributed by atoms with Gasteiger partial charge in [-0.2, -0.15) is 15.0 Å². The number of nitrogens with one attached hydrogen (secondary N) is 1. The summed E-state index contributed by atoms with van der Waals surface area (Å²) < 4.78 is 0. The van der Waals surface area contributed by atoms with Crippen molar-refractivity contribution >= 4 is 11.7 Å². The molecule has 8 nitrogen and oxygen atoms in total. The number of hydrogen-bond donors (Lipinski definition) is 1. The molecule has 8 heteroatoms. The number of fused-ring (bicyclic) bond motifs is 1. The summed E-state index contributed by atoms with van der Waals surface area (Å²) in [5.74, 6) is 0.586. The van der Waals surface area contributed by atoms with Gasteiger partial charge in [-0.1, -0.05) is 18.2 Å². The highest BCUT2D eigenvalue weighted by Gasteiger charge is 2.27. The van der Waals surface area contributed by atoms with Gasteiger partial charge in [-0.25, -0.2) is 0 Å². The van der Waals surface area contributed by atoms with E-state index < -0.39 is 0 Å². The molecule has 2 aromatic heterocycles. The topological polar surface area (TPSA) is 88.8 Å². The van der Waals surface area contributed by atoms with Gasteiger partial charge in [0.25, 0.3) is 5.91 Å². The zero-order valence-corrected chi connectivity index (χ0v) is 14.7. The Morgan fingerprint density at radius 3 is 2.73 bits per heavy atom. The van der Waals surface area contributed by atoms with Gasteiger partial charge in [0.15, 0.2) is 5.69 Å². The minimum Gasteiger partial charge on any atom is -0.372 e. The summed E-state index contributed by atoms with van der Waals surface area (Å²) in [6, 6.07) is 11.5. The minimum absolute atomic E-state index is 0.113. The SMILES string of the molecule is CNc1cc2c(nn1)CCN(C(=O)c1nn(-c3ccccc3)nc1C)C2. The van der Waals surface area contributed by atoms with Crippen molar-refractivity contribution in [2.45, 2.75) is 19.9 Å². The Labute approximate surface area is 150 Å². The lowest BCUT2D eigenvalue weighted by Gasteiger charge is -2.27. The van der Waals surface area contributed by atoms with E-state index >= 15 is 0 Å². The van der Waals surface area contributed by atoms with Gasteiger partial charge in [0, 0.05) is 26.6 Å². The Morgan fingerprint density at radius 1 is 1.15 bits per heavy atom. The first-order valence-electron chi connectivity index (χ1n) is 8.47. The fourth-order valence-corrected chi connectivity index (χ4v) is 3.03. The zero-order valence-electron chi connectivity index (χ0n) is 14.7. The molecule has 0 unspecified atom stereocenters. The molecule has 132 valence electrons. The maximum atomic E-state index is 13.0. The molecular formula is C18H19N7O. The molecule has 4 rings (SSSR count). The first kappa shape index (κ1) is 16.2. The molecule has 0 radical (unpaired) electrons. The molecule has 1 N–H and O–H groups in total. The van der Waals surface area contributed by atoms with Crippen LogP contribution in [-0.2, 0) is 13.0 Å². The van der Waals surface area contributed by atoms with Gasteiger partial charge < -0.3 is 10.2 Å². The second kappa shape index (κ2) is 6.55. The van der Waals surface area contributed by atoms with Gasteiger partial charge in [-0.05, 0) is 30.7 Å². The third kappa shape index (κ3) is 2.90. The van der Waals surface area contributed by atoms with Gasteiger partial charge in [-0.15, -0.1) is 10.2 Å². The number of nitrogens with zero attached hydrogens (tertiary/aromatic N) is 6. The average molecular weight is 349 g/mol. The Kier molecular flexibility index (Phi) is 4.08. The Morgan fingerprint density at radius 2 is 1.96 bits per heavy atom. The smallest absolute Gasteiger partial charge is 0.276 e. The van der Waals surface area contributed by atoms with E-state index in [9.17, 15) is 4.79 Å². The quantitative estimate of drug-likeness (QED) is 0.773. The second-order valence-electron chi connectivity index (χ2n) is 6.19. The van der Waals surface area contributed by atoms with Crippen LogP contribution in [-0.4, -0.2) is 49.6 Å². The van der Waals surface area contributed by atoms with Gasteiger partial charge in [-0.3, -0.25) is 4.79 Å². The lowest BCUT2D eigenvalue weighted by molar-refractivity contribution is 0.0726. The molecule has 1 amide bonds. The summed E-state index contributed by atoms with van der Waals surface area (Å²) in [6.45, 7) is 2.90. The number of amides is 1. The fourth-order valence-electron chi connectivity index (χ4n) is 3.03. The monoisotopic (exact) mass is 349 g/mol. The number of aromatic nitrogens is 5. The first-order valence-corrected chi connectivity index (χ1v) is 8.47. The van der Waals surface area contributed by atoms with E-state index in [0.717, 1.165) is 16.9 Å². The minimum atomic E-state index is -0.113. The number of carbonyl (C=O) groups excluding carboxylic acids is 1.